The molecule has 0 bridgehead atoms. The molecule has 6 heteroatoms. The molecule has 1 aromatic rings. The highest BCUT2D eigenvalue weighted by Crippen LogP contribution is 2.28. The third-order valence-electron chi connectivity index (χ3n) is 3.97. The lowest BCUT2D eigenvalue weighted by molar-refractivity contribution is -0.141. The van der Waals surface area contributed by atoms with Crippen molar-refractivity contribution < 1.29 is 9.59 Å². The van der Waals surface area contributed by atoms with E-state index in [1.54, 1.807) is 12.5 Å². The molecule has 0 radical (unpaired) electrons. The molecular formula is C13H18N4O2. The van der Waals surface area contributed by atoms with Crippen LogP contribution in [0.25, 0.3) is 0 Å². The van der Waals surface area contributed by atoms with Gasteiger partial charge in [-0.1, -0.05) is 12.8 Å². The average Bonchev–Trinajstić information content (AvgIpc) is 3.09. The van der Waals surface area contributed by atoms with Crippen molar-refractivity contribution in [1.82, 2.24) is 20.2 Å². The van der Waals surface area contributed by atoms with E-state index in [2.05, 4.69) is 15.3 Å². The number of carbonyl (C=O) groups is 2. The zero-order valence-electron chi connectivity index (χ0n) is 10.8. The Morgan fingerprint density at radius 2 is 2.16 bits per heavy atom. The summed E-state index contributed by atoms with van der Waals surface area (Å²) in [6.07, 6.45) is 7.76. The number of imide groups is 1. The van der Waals surface area contributed by atoms with Crippen LogP contribution in [0.1, 0.15) is 37.8 Å². The first-order chi connectivity index (χ1) is 9.25. The molecule has 1 aromatic heterocycles. The molecule has 1 unspecified atom stereocenters. The van der Waals surface area contributed by atoms with Gasteiger partial charge in [-0.15, -0.1) is 0 Å². The van der Waals surface area contributed by atoms with Crippen molar-refractivity contribution in [2.75, 3.05) is 0 Å². The second kappa shape index (κ2) is 5.13. The standard InChI is InChI=1S/C13H18N4O2/c18-12-5-11(15-7-9-6-14-8-16-9)13(19)17(12)10-3-1-2-4-10/h6,8,10-11,15H,1-5,7H2,(H,14,16). The number of hydrogen-bond acceptors (Lipinski definition) is 4. The second-order valence-corrected chi connectivity index (χ2v) is 5.25. The molecule has 3 rings (SSSR count). The summed E-state index contributed by atoms with van der Waals surface area (Å²) in [6.45, 7) is 0.530. The quantitative estimate of drug-likeness (QED) is 0.778. The number of likely N-dealkylation sites (tertiary alicyclic amines) is 1. The Balaban J connectivity index is 1.61. The van der Waals surface area contributed by atoms with Crippen molar-refractivity contribution >= 4 is 11.8 Å². The van der Waals surface area contributed by atoms with E-state index in [9.17, 15) is 9.59 Å². The zero-order valence-corrected chi connectivity index (χ0v) is 10.8. The predicted molar refractivity (Wildman–Crippen MR) is 67.9 cm³/mol. The van der Waals surface area contributed by atoms with Crippen molar-refractivity contribution in [3.63, 3.8) is 0 Å². The summed E-state index contributed by atoms with van der Waals surface area (Å²) in [5.74, 6) is -0.0876. The Hall–Kier alpha value is -1.69. The summed E-state index contributed by atoms with van der Waals surface area (Å²) in [5, 5.41) is 3.13. The van der Waals surface area contributed by atoms with E-state index in [4.69, 9.17) is 0 Å². The molecule has 2 heterocycles. The Morgan fingerprint density at radius 1 is 1.37 bits per heavy atom. The SMILES string of the molecule is O=C1CC(NCc2cnc[nH]2)C(=O)N1C1CCCC1. The lowest BCUT2D eigenvalue weighted by Gasteiger charge is -2.22. The molecule has 6 nitrogen and oxygen atoms in total. The van der Waals surface area contributed by atoms with Crippen LogP contribution in [0.3, 0.4) is 0 Å². The Kier molecular flexibility index (Phi) is 3.33. The van der Waals surface area contributed by atoms with Gasteiger partial charge in [0, 0.05) is 24.5 Å². The normalized spacial score (nSPS) is 24.6. The van der Waals surface area contributed by atoms with Gasteiger partial charge in [0.1, 0.15) is 0 Å². The summed E-state index contributed by atoms with van der Waals surface area (Å²) >= 11 is 0. The van der Waals surface area contributed by atoms with Crippen LogP contribution in [-0.2, 0) is 16.1 Å². The molecule has 2 aliphatic rings. The molecule has 19 heavy (non-hydrogen) atoms. The van der Waals surface area contributed by atoms with Gasteiger partial charge < -0.3 is 4.98 Å². The number of carbonyl (C=O) groups excluding carboxylic acids is 2. The number of nitrogens with one attached hydrogen (secondary N) is 2. The van der Waals surface area contributed by atoms with Crippen molar-refractivity contribution in [3.05, 3.63) is 18.2 Å². The Labute approximate surface area is 111 Å². The smallest absolute Gasteiger partial charge is 0.247 e. The van der Waals surface area contributed by atoms with Crippen molar-refractivity contribution in [1.29, 1.82) is 0 Å². The van der Waals surface area contributed by atoms with E-state index in [0.717, 1.165) is 31.4 Å². The largest absolute Gasteiger partial charge is 0.347 e. The van der Waals surface area contributed by atoms with Crippen molar-refractivity contribution in [3.8, 4) is 0 Å². The van der Waals surface area contributed by atoms with Crippen LogP contribution in [0.5, 0.6) is 0 Å². The number of H-pyrrole nitrogens is 1. The number of rotatable bonds is 4. The van der Waals surface area contributed by atoms with Crippen molar-refractivity contribution in [2.24, 2.45) is 0 Å². The minimum absolute atomic E-state index is 0.0287. The predicted octanol–water partition coefficient (Wildman–Crippen LogP) is 0.569. The summed E-state index contributed by atoms with van der Waals surface area (Å²) in [4.78, 5) is 32.7. The van der Waals surface area contributed by atoms with Gasteiger partial charge in [-0.2, -0.15) is 0 Å². The summed E-state index contributed by atoms with van der Waals surface area (Å²) in [5.41, 5.74) is 0.916. The maximum atomic E-state index is 12.3. The van der Waals surface area contributed by atoms with Crippen LogP contribution in [0, 0.1) is 0 Å². The van der Waals surface area contributed by atoms with Crippen molar-refractivity contribution in [2.45, 2.75) is 50.7 Å². The molecular weight excluding hydrogens is 244 g/mol. The van der Waals surface area contributed by atoms with E-state index in [1.807, 2.05) is 0 Å². The minimum atomic E-state index is -0.378. The molecule has 1 saturated carbocycles. The topological polar surface area (TPSA) is 78.1 Å². The summed E-state index contributed by atoms with van der Waals surface area (Å²) in [7, 11) is 0. The summed E-state index contributed by atoms with van der Waals surface area (Å²) in [6, 6.07) is -0.240. The third kappa shape index (κ3) is 2.40. The number of imidazole rings is 1. The van der Waals surface area contributed by atoms with Gasteiger partial charge in [0.15, 0.2) is 0 Å². The number of amides is 2. The molecule has 1 aliphatic carbocycles. The zero-order chi connectivity index (χ0) is 13.2. The first-order valence-electron chi connectivity index (χ1n) is 6.82. The van der Waals surface area contributed by atoms with Gasteiger partial charge in [0.25, 0.3) is 0 Å². The Bertz CT molecular complexity index is 465. The van der Waals surface area contributed by atoms with Gasteiger partial charge >= 0.3 is 0 Å². The highest BCUT2D eigenvalue weighted by Gasteiger charge is 2.42. The van der Waals surface area contributed by atoms with E-state index in [0.29, 0.717) is 6.54 Å². The van der Waals surface area contributed by atoms with E-state index in [1.165, 1.54) is 4.90 Å². The molecule has 2 fully saturated rings. The average molecular weight is 262 g/mol. The first kappa shape index (κ1) is 12.3. The van der Waals surface area contributed by atoms with Gasteiger partial charge in [-0.25, -0.2) is 4.98 Å². The fourth-order valence-electron chi connectivity index (χ4n) is 2.97. The molecule has 1 aliphatic heterocycles. The minimum Gasteiger partial charge on any atom is -0.347 e. The van der Waals surface area contributed by atoms with Crippen LogP contribution in [0.4, 0.5) is 0 Å². The second-order valence-electron chi connectivity index (χ2n) is 5.25. The molecule has 2 amide bonds. The number of nitrogens with zero attached hydrogens (tertiary/aromatic N) is 2. The molecule has 1 saturated heterocycles. The van der Waals surface area contributed by atoms with Crippen LogP contribution in [0.2, 0.25) is 0 Å². The lowest BCUT2D eigenvalue weighted by atomic mass is 10.2. The van der Waals surface area contributed by atoms with Crippen LogP contribution < -0.4 is 5.32 Å². The van der Waals surface area contributed by atoms with Crippen LogP contribution >= 0.6 is 0 Å². The molecule has 1 atom stereocenters. The summed E-state index contributed by atoms with van der Waals surface area (Å²) < 4.78 is 0. The van der Waals surface area contributed by atoms with E-state index >= 15 is 0 Å². The van der Waals surface area contributed by atoms with Gasteiger partial charge in [0.2, 0.25) is 11.8 Å². The maximum absolute atomic E-state index is 12.3. The fourth-order valence-corrected chi connectivity index (χ4v) is 2.97. The van der Waals surface area contributed by atoms with E-state index in [-0.39, 0.29) is 30.3 Å². The molecule has 102 valence electrons. The van der Waals surface area contributed by atoms with Crippen LogP contribution in [-0.4, -0.2) is 38.8 Å². The van der Waals surface area contributed by atoms with E-state index < -0.39 is 0 Å². The number of hydrogen-bond donors (Lipinski definition) is 2. The number of aromatic amines is 1. The fraction of sp³-hybridized carbons (Fsp3) is 0.615. The monoisotopic (exact) mass is 262 g/mol. The van der Waals surface area contributed by atoms with Gasteiger partial charge in [-0.05, 0) is 12.8 Å². The molecule has 2 N–H and O–H groups in total. The molecule has 0 aromatic carbocycles. The third-order valence-corrected chi connectivity index (χ3v) is 3.97. The first-order valence-corrected chi connectivity index (χ1v) is 6.82. The van der Waals surface area contributed by atoms with Crippen LogP contribution in [0.15, 0.2) is 12.5 Å². The van der Waals surface area contributed by atoms with Gasteiger partial charge in [0.05, 0.1) is 18.8 Å². The van der Waals surface area contributed by atoms with Gasteiger partial charge in [-0.3, -0.25) is 19.8 Å². The maximum Gasteiger partial charge on any atom is 0.247 e. The number of aromatic nitrogens is 2. The highest BCUT2D eigenvalue weighted by atomic mass is 16.2. The highest BCUT2D eigenvalue weighted by molar-refractivity contribution is 6.05. The lowest BCUT2D eigenvalue weighted by Crippen LogP contribution is -2.42. The molecule has 0 spiro atoms. The Morgan fingerprint density at radius 3 is 2.84 bits per heavy atom.